The quantitative estimate of drug-likeness (QED) is 0.857. The molecule has 2 fully saturated rings. The number of rotatable bonds is 4. The van der Waals surface area contributed by atoms with Crippen LogP contribution in [0.25, 0.3) is 0 Å². The van der Waals surface area contributed by atoms with Gasteiger partial charge in [0.2, 0.25) is 5.91 Å². The molecule has 1 aromatic rings. The van der Waals surface area contributed by atoms with Crippen LogP contribution >= 0.6 is 0 Å². The molecule has 2 atom stereocenters. The van der Waals surface area contributed by atoms with E-state index in [4.69, 9.17) is 4.42 Å². The highest BCUT2D eigenvalue weighted by molar-refractivity contribution is 7.87. The van der Waals surface area contributed by atoms with Gasteiger partial charge in [0.1, 0.15) is 11.5 Å². The smallest absolute Gasteiger partial charge is 0.280 e. The van der Waals surface area contributed by atoms with Gasteiger partial charge in [-0.2, -0.15) is 17.4 Å². The normalized spacial score (nSPS) is 27.0. The molecule has 3 heterocycles. The van der Waals surface area contributed by atoms with Crippen molar-refractivity contribution in [2.75, 3.05) is 13.1 Å². The maximum absolute atomic E-state index is 12.6. The van der Waals surface area contributed by atoms with Gasteiger partial charge in [-0.25, -0.2) is 0 Å². The molecule has 0 aromatic carbocycles. The van der Waals surface area contributed by atoms with E-state index in [1.807, 2.05) is 19.1 Å². The molecule has 0 spiro atoms. The van der Waals surface area contributed by atoms with Crippen molar-refractivity contribution in [1.82, 2.24) is 14.3 Å². The van der Waals surface area contributed by atoms with E-state index < -0.39 is 10.2 Å². The van der Waals surface area contributed by atoms with Crippen LogP contribution < -0.4 is 10.0 Å². The van der Waals surface area contributed by atoms with Crippen LogP contribution in [-0.2, 0) is 15.0 Å². The van der Waals surface area contributed by atoms with Crippen molar-refractivity contribution in [3.63, 3.8) is 0 Å². The molecule has 2 saturated heterocycles. The zero-order chi connectivity index (χ0) is 15.7. The van der Waals surface area contributed by atoms with Crippen molar-refractivity contribution in [3.05, 3.63) is 23.7 Å². The number of amides is 1. The van der Waals surface area contributed by atoms with E-state index in [0.29, 0.717) is 31.7 Å². The van der Waals surface area contributed by atoms with Gasteiger partial charge in [0.15, 0.2) is 0 Å². The number of furan rings is 1. The summed E-state index contributed by atoms with van der Waals surface area (Å²) in [6, 6.07) is 3.20. The first-order valence-corrected chi connectivity index (χ1v) is 9.02. The predicted molar refractivity (Wildman–Crippen MR) is 80.2 cm³/mol. The SMILES string of the molecule is Cc1ccc([C@H]2CCCN2S(=O)(=O)N[C@H]2CCC(=O)NC2)o1. The Morgan fingerprint density at radius 3 is 2.82 bits per heavy atom. The lowest BCUT2D eigenvalue weighted by Gasteiger charge is -2.28. The lowest BCUT2D eigenvalue weighted by atomic mass is 10.1. The number of aryl methyl sites for hydroxylation is 1. The standard InChI is InChI=1S/C14H21N3O4S/c1-10-4-6-13(21-10)12-3-2-8-17(12)22(19,20)16-11-5-7-14(18)15-9-11/h4,6,11-12,16H,2-3,5,7-9H2,1H3,(H,15,18)/t11-,12+/m0/s1. The minimum Gasteiger partial charge on any atom is -0.465 e. The fourth-order valence-corrected chi connectivity index (χ4v) is 4.73. The molecule has 0 bridgehead atoms. The Morgan fingerprint density at radius 2 is 2.18 bits per heavy atom. The van der Waals surface area contributed by atoms with Gasteiger partial charge in [0, 0.05) is 25.6 Å². The van der Waals surface area contributed by atoms with Crippen molar-refractivity contribution in [1.29, 1.82) is 0 Å². The van der Waals surface area contributed by atoms with Gasteiger partial charge in [0.05, 0.1) is 6.04 Å². The van der Waals surface area contributed by atoms with Gasteiger partial charge in [-0.05, 0) is 38.3 Å². The molecule has 7 nitrogen and oxygen atoms in total. The average Bonchev–Trinajstić information content (AvgIpc) is 3.09. The van der Waals surface area contributed by atoms with Gasteiger partial charge in [-0.3, -0.25) is 4.79 Å². The molecule has 122 valence electrons. The van der Waals surface area contributed by atoms with E-state index in [1.54, 1.807) is 0 Å². The van der Waals surface area contributed by atoms with Gasteiger partial charge in [0.25, 0.3) is 10.2 Å². The number of carbonyl (C=O) groups excluding carboxylic acids is 1. The lowest BCUT2D eigenvalue weighted by Crippen LogP contribution is -2.51. The predicted octanol–water partition coefficient (Wildman–Crippen LogP) is 0.838. The van der Waals surface area contributed by atoms with E-state index in [0.717, 1.165) is 18.6 Å². The Morgan fingerprint density at radius 1 is 1.36 bits per heavy atom. The van der Waals surface area contributed by atoms with Gasteiger partial charge < -0.3 is 9.73 Å². The molecule has 3 rings (SSSR count). The molecule has 2 N–H and O–H groups in total. The van der Waals surface area contributed by atoms with Gasteiger partial charge >= 0.3 is 0 Å². The van der Waals surface area contributed by atoms with Gasteiger partial charge in [-0.15, -0.1) is 0 Å². The second kappa shape index (κ2) is 6.02. The molecule has 22 heavy (non-hydrogen) atoms. The van der Waals surface area contributed by atoms with Crippen LogP contribution in [0.15, 0.2) is 16.5 Å². The summed E-state index contributed by atoms with van der Waals surface area (Å²) in [5.41, 5.74) is 0. The van der Waals surface area contributed by atoms with Crippen LogP contribution in [0.1, 0.15) is 43.2 Å². The number of hydrogen-bond acceptors (Lipinski definition) is 4. The zero-order valence-corrected chi connectivity index (χ0v) is 13.4. The highest BCUT2D eigenvalue weighted by Gasteiger charge is 2.38. The number of piperidine rings is 1. The van der Waals surface area contributed by atoms with Crippen LogP contribution in [0.4, 0.5) is 0 Å². The average molecular weight is 327 g/mol. The molecule has 0 aliphatic carbocycles. The molecule has 1 amide bonds. The first kappa shape index (κ1) is 15.5. The summed E-state index contributed by atoms with van der Waals surface area (Å²) >= 11 is 0. The zero-order valence-electron chi connectivity index (χ0n) is 12.5. The molecule has 0 radical (unpaired) electrons. The Labute approximate surface area is 130 Å². The van der Waals surface area contributed by atoms with Gasteiger partial charge in [-0.1, -0.05) is 0 Å². The number of nitrogens with zero attached hydrogens (tertiary/aromatic N) is 1. The molecule has 2 aliphatic heterocycles. The second-order valence-corrected chi connectivity index (χ2v) is 7.53. The molecule has 0 unspecified atom stereocenters. The third-order valence-corrected chi connectivity index (χ3v) is 5.87. The molecule has 2 aliphatic rings. The van der Waals surface area contributed by atoms with E-state index >= 15 is 0 Å². The van der Waals surface area contributed by atoms with Crippen LogP contribution in [0, 0.1) is 6.92 Å². The third-order valence-electron chi connectivity index (χ3n) is 4.18. The summed E-state index contributed by atoms with van der Waals surface area (Å²) in [6.45, 7) is 2.68. The van der Waals surface area contributed by atoms with Crippen molar-refractivity contribution in [2.45, 2.75) is 44.7 Å². The summed E-state index contributed by atoms with van der Waals surface area (Å²) in [7, 11) is -3.59. The fraction of sp³-hybridized carbons (Fsp3) is 0.643. The van der Waals surface area contributed by atoms with Crippen molar-refractivity contribution < 1.29 is 17.6 Å². The summed E-state index contributed by atoms with van der Waals surface area (Å²) < 4.78 is 35.1. The van der Waals surface area contributed by atoms with E-state index in [9.17, 15) is 13.2 Å². The minimum atomic E-state index is -3.59. The van der Waals surface area contributed by atoms with Crippen LogP contribution in [-0.4, -0.2) is 37.8 Å². The lowest BCUT2D eigenvalue weighted by molar-refractivity contribution is -0.122. The summed E-state index contributed by atoms with van der Waals surface area (Å²) in [5, 5.41) is 2.69. The van der Waals surface area contributed by atoms with E-state index in [1.165, 1.54) is 4.31 Å². The molecule has 0 saturated carbocycles. The Bertz CT molecular complexity index is 645. The topological polar surface area (TPSA) is 91.7 Å². The monoisotopic (exact) mass is 327 g/mol. The molecular formula is C14H21N3O4S. The first-order chi connectivity index (χ1) is 10.5. The molecule has 8 heteroatoms. The highest BCUT2D eigenvalue weighted by atomic mass is 32.2. The molecular weight excluding hydrogens is 306 g/mol. The van der Waals surface area contributed by atoms with Crippen molar-refractivity contribution in [3.8, 4) is 0 Å². The van der Waals surface area contributed by atoms with E-state index in [2.05, 4.69) is 10.0 Å². The van der Waals surface area contributed by atoms with Crippen molar-refractivity contribution >= 4 is 16.1 Å². The first-order valence-electron chi connectivity index (χ1n) is 7.58. The summed E-state index contributed by atoms with van der Waals surface area (Å²) in [5.74, 6) is 1.44. The Balaban J connectivity index is 1.72. The van der Waals surface area contributed by atoms with Crippen LogP contribution in [0.5, 0.6) is 0 Å². The third kappa shape index (κ3) is 3.18. The maximum Gasteiger partial charge on any atom is 0.280 e. The largest absolute Gasteiger partial charge is 0.465 e. The summed E-state index contributed by atoms with van der Waals surface area (Å²) in [4.78, 5) is 11.2. The van der Waals surface area contributed by atoms with Crippen LogP contribution in [0.2, 0.25) is 0 Å². The van der Waals surface area contributed by atoms with Crippen LogP contribution in [0.3, 0.4) is 0 Å². The number of nitrogens with one attached hydrogen (secondary N) is 2. The minimum absolute atomic E-state index is 0.0273. The van der Waals surface area contributed by atoms with E-state index in [-0.39, 0.29) is 18.0 Å². The number of carbonyl (C=O) groups is 1. The Kier molecular flexibility index (Phi) is 4.24. The fourth-order valence-electron chi connectivity index (χ4n) is 3.06. The Hall–Kier alpha value is -1.38. The highest BCUT2D eigenvalue weighted by Crippen LogP contribution is 2.34. The second-order valence-electron chi connectivity index (χ2n) is 5.88. The van der Waals surface area contributed by atoms with Crippen molar-refractivity contribution in [2.24, 2.45) is 0 Å². The summed E-state index contributed by atoms with van der Waals surface area (Å²) in [6.07, 6.45) is 2.46. The number of hydrogen-bond donors (Lipinski definition) is 2. The molecule has 1 aromatic heterocycles. The maximum atomic E-state index is 12.6.